The van der Waals surface area contributed by atoms with Crippen LogP contribution in [0.3, 0.4) is 0 Å². The molecule has 0 spiro atoms. The van der Waals surface area contributed by atoms with Crippen LogP contribution in [0.15, 0.2) is 60.8 Å². The first-order valence-corrected chi connectivity index (χ1v) is 13.5. The number of nitrogens with zero attached hydrogens (tertiary/aromatic N) is 3. The van der Waals surface area contributed by atoms with Crippen LogP contribution in [0.25, 0.3) is 0 Å². The van der Waals surface area contributed by atoms with E-state index in [0.717, 1.165) is 24.1 Å². The number of carbonyl (C=O) groups is 2. The zero-order chi connectivity index (χ0) is 28.5. The topological polar surface area (TPSA) is 93.2 Å². The highest BCUT2D eigenvalue weighted by Crippen LogP contribution is 2.35. The fourth-order valence-corrected chi connectivity index (χ4v) is 4.34. The molecule has 4 rings (SSSR count). The minimum atomic E-state index is -0.213. The molecule has 1 fully saturated rings. The lowest BCUT2D eigenvalue weighted by molar-refractivity contribution is -0.123. The standard InChI is InChI=1S/C31H38N4O5/c1-5-22-6-8-23(9-7-22)20-40-28-11-10-24(16-29(28)38-4)25-18-35(19-25)31(37)27-17-26(12-13-32-27)39-21-30(36)33-14-15-34(2)3/h6-13,16-17,25H,5,14-15,18-21H2,1-4H3,(H,33,36). The zero-order valence-electron chi connectivity index (χ0n) is 23.7. The molecule has 0 radical (unpaired) electrons. The van der Waals surface area contributed by atoms with Crippen molar-refractivity contribution in [1.82, 2.24) is 20.1 Å². The number of rotatable bonds is 13. The molecule has 1 aliphatic rings. The monoisotopic (exact) mass is 546 g/mol. The van der Waals surface area contributed by atoms with Crippen LogP contribution in [0.4, 0.5) is 0 Å². The molecule has 40 heavy (non-hydrogen) atoms. The predicted molar refractivity (Wildman–Crippen MR) is 153 cm³/mol. The normalized spacial score (nSPS) is 13.1. The van der Waals surface area contributed by atoms with Crippen molar-refractivity contribution in [1.29, 1.82) is 0 Å². The first-order chi connectivity index (χ1) is 19.4. The van der Waals surface area contributed by atoms with Crippen LogP contribution < -0.4 is 19.5 Å². The summed E-state index contributed by atoms with van der Waals surface area (Å²) in [5, 5.41) is 2.80. The van der Waals surface area contributed by atoms with Gasteiger partial charge in [-0.25, -0.2) is 0 Å². The molecular weight excluding hydrogens is 508 g/mol. The molecule has 1 saturated heterocycles. The Balaban J connectivity index is 1.28. The first kappa shape index (κ1) is 28.9. The Kier molecular flexibility index (Phi) is 9.96. The van der Waals surface area contributed by atoms with E-state index in [4.69, 9.17) is 14.2 Å². The van der Waals surface area contributed by atoms with Gasteiger partial charge in [-0.3, -0.25) is 14.6 Å². The molecule has 1 N–H and O–H groups in total. The van der Waals surface area contributed by atoms with Crippen LogP contribution in [0.2, 0.25) is 0 Å². The van der Waals surface area contributed by atoms with E-state index in [9.17, 15) is 9.59 Å². The third-order valence-corrected chi connectivity index (χ3v) is 6.86. The fraction of sp³-hybridized carbons (Fsp3) is 0.387. The average Bonchev–Trinajstić information content (AvgIpc) is 2.94. The number of likely N-dealkylation sites (N-methyl/N-ethyl adjacent to an activating group) is 1. The van der Waals surface area contributed by atoms with E-state index in [-0.39, 0.29) is 30.0 Å². The van der Waals surface area contributed by atoms with Gasteiger partial charge in [0, 0.05) is 44.4 Å². The van der Waals surface area contributed by atoms with Crippen LogP contribution in [-0.4, -0.2) is 80.6 Å². The summed E-state index contributed by atoms with van der Waals surface area (Å²) in [6.07, 6.45) is 2.53. The van der Waals surface area contributed by atoms with Crippen LogP contribution in [0, 0.1) is 0 Å². The van der Waals surface area contributed by atoms with Gasteiger partial charge >= 0.3 is 0 Å². The highest BCUT2D eigenvalue weighted by atomic mass is 16.5. The Hall–Kier alpha value is -4.11. The quantitative estimate of drug-likeness (QED) is 0.351. The second kappa shape index (κ2) is 13.8. The molecule has 0 atom stereocenters. The Morgan fingerprint density at radius 1 is 1.00 bits per heavy atom. The van der Waals surface area contributed by atoms with Gasteiger partial charge in [0.15, 0.2) is 18.1 Å². The summed E-state index contributed by atoms with van der Waals surface area (Å²) in [7, 11) is 5.51. The Bertz CT molecular complexity index is 1290. The number of pyridine rings is 1. The van der Waals surface area contributed by atoms with Gasteiger partial charge in [0.05, 0.1) is 7.11 Å². The fourth-order valence-electron chi connectivity index (χ4n) is 4.34. The number of aryl methyl sites for hydroxylation is 1. The number of likely N-dealkylation sites (tertiary alicyclic amines) is 1. The van der Waals surface area contributed by atoms with Crippen molar-refractivity contribution in [2.45, 2.75) is 25.9 Å². The van der Waals surface area contributed by atoms with Gasteiger partial charge in [0.2, 0.25) is 0 Å². The van der Waals surface area contributed by atoms with Crippen molar-refractivity contribution in [3.05, 3.63) is 83.2 Å². The molecule has 1 aromatic heterocycles. The van der Waals surface area contributed by atoms with E-state index in [2.05, 4.69) is 41.5 Å². The van der Waals surface area contributed by atoms with E-state index in [1.807, 2.05) is 37.2 Å². The Morgan fingerprint density at radius 3 is 2.45 bits per heavy atom. The van der Waals surface area contributed by atoms with Crippen molar-refractivity contribution in [2.24, 2.45) is 0 Å². The van der Waals surface area contributed by atoms with E-state index in [1.165, 1.54) is 11.8 Å². The van der Waals surface area contributed by atoms with Crippen molar-refractivity contribution in [3.63, 3.8) is 0 Å². The number of aromatic nitrogens is 1. The van der Waals surface area contributed by atoms with Crippen LogP contribution in [0.5, 0.6) is 17.2 Å². The molecule has 2 aromatic carbocycles. The predicted octanol–water partition coefficient (Wildman–Crippen LogP) is 3.53. The smallest absolute Gasteiger partial charge is 0.272 e. The van der Waals surface area contributed by atoms with Crippen LogP contribution in [-0.2, 0) is 17.8 Å². The number of benzene rings is 2. The second-order valence-corrected chi connectivity index (χ2v) is 10.1. The maximum absolute atomic E-state index is 13.0. The van der Waals surface area contributed by atoms with Crippen LogP contribution >= 0.6 is 0 Å². The van der Waals surface area contributed by atoms with Gasteiger partial charge in [-0.05, 0) is 55.4 Å². The SMILES string of the molecule is CCc1ccc(COc2ccc(C3CN(C(=O)c4cc(OCC(=O)NCCN(C)C)ccn4)C3)cc2OC)cc1. The third-order valence-electron chi connectivity index (χ3n) is 6.86. The van der Waals surface area contributed by atoms with Gasteiger partial charge in [-0.2, -0.15) is 0 Å². The van der Waals surface area contributed by atoms with Gasteiger partial charge in [0.25, 0.3) is 11.8 Å². The lowest BCUT2D eigenvalue weighted by atomic mass is 9.91. The summed E-state index contributed by atoms with van der Waals surface area (Å²) in [5.41, 5.74) is 3.78. The minimum Gasteiger partial charge on any atom is -0.493 e. The average molecular weight is 547 g/mol. The van der Waals surface area contributed by atoms with Crippen molar-refractivity contribution < 1.29 is 23.8 Å². The lowest BCUT2D eigenvalue weighted by Crippen LogP contribution is -2.48. The minimum absolute atomic E-state index is 0.121. The van der Waals surface area contributed by atoms with E-state index in [1.54, 1.807) is 24.1 Å². The molecule has 212 valence electrons. The van der Waals surface area contributed by atoms with E-state index < -0.39 is 0 Å². The second-order valence-electron chi connectivity index (χ2n) is 10.1. The highest BCUT2D eigenvalue weighted by molar-refractivity contribution is 5.93. The molecule has 0 bridgehead atoms. The summed E-state index contributed by atoms with van der Waals surface area (Å²) in [6, 6.07) is 17.6. The van der Waals surface area contributed by atoms with Gasteiger partial charge < -0.3 is 29.3 Å². The molecule has 2 heterocycles. The summed E-state index contributed by atoms with van der Waals surface area (Å²) in [4.78, 5) is 32.9. The summed E-state index contributed by atoms with van der Waals surface area (Å²) >= 11 is 0. The molecule has 0 saturated carbocycles. The summed E-state index contributed by atoms with van der Waals surface area (Å²) in [6.45, 7) is 4.92. The molecular formula is C31H38N4O5. The molecule has 9 heteroatoms. The largest absolute Gasteiger partial charge is 0.493 e. The summed E-state index contributed by atoms with van der Waals surface area (Å²) in [5.74, 6) is 1.60. The van der Waals surface area contributed by atoms with Gasteiger partial charge in [-0.15, -0.1) is 0 Å². The molecule has 0 unspecified atom stereocenters. The number of nitrogens with one attached hydrogen (secondary N) is 1. The number of hydrogen-bond donors (Lipinski definition) is 1. The van der Waals surface area contributed by atoms with Crippen molar-refractivity contribution in [2.75, 3.05) is 54.0 Å². The number of methoxy groups -OCH3 is 1. The number of carbonyl (C=O) groups excluding carboxylic acids is 2. The molecule has 0 aliphatic carbocycles. The maximum Gasteiger partial charge on any atom is 0.272 e. The Labute approximate surface area is 236 Å². The maximum atomic E-state index is 13.0. The zero-order valence-corrected chi connectivity index (χ0v) is 23.7. The van der Waals surface area contributed by atoms with E-state index >= 15 is 0 Å². The number of amides is 2. The lowest BCUT2D eigenvalue weighted by Gasteiger charge is -2.39. The van der Waals surface area contributed by atoms with Crippen LogP contribution in [0.1, 0.15) is 40.0 Å². The van der Waals surface area contributed by atoms with Crippen molar-refractivity contribution >= 4 is 11.8 Å². The first-order valence-electron chi connectivity index (χ1n) is 13.5. The molecule has 9 nitrogen and oxygen atoms in total. The number of hydrogen-bond acceptors (Lipinski definition) is 7. The molecule has 1 aliphatic heterocycles. The van der Waals surface area contributed by atoms with Gasteiger partial charge in [-0.1, -0.05) is 37.3 Å². The molecule has 2 amide bonds. The highest BCUT2D eigenvalue weighted by Gasteiger charge is 2.33. The van der Waals surface area contributed by atoms with Gasteiger partial charge in [0.1, 0.15) is 18.1 Å². The number of ether oxygens (including phenoxy) is 3. The van der Waals surface area contributed by atoms with E-state index in [0.29, 0.717) is 43.5 Å². The Morgan fingerprint density at radius 2 is 1.75 bits per heavy atom. The van der Waals surface area contributed by atoms with Crippen molar-refractivity contribution in [3.8, 4) is 17.2 Å². The third kappa shape index (κ3) is 7.72. The summed E-state index contributed by atoms with van der Waals surface area (Å²) < 4.78 is 17.2. The molecule has 3 aromatic rings.